The van der Waals surface area contributed by atoms with Crippen molar-refractivity contribution in [2.45, 2.75) is 13.3 Å². The molecule has 2 unspecified atom stereocenters. The van der Waals surface area contributed by atoms with Crippen molar-refractivity contribution >= 4 is 17.5 Å². The first-order chi connectivity index (χ1) is 7.99. The van der Waals surface area contributed by atoms with Crippen LogP contribution in [0.3, 0.4) is 0 Å². The van der Waals surface area contributed by atoms with Crippen LogP contribution in [0, 0.1) is 11.8 Å². The van der Waals surface area contributed by atoms with Crippen molar-refractivity contribution < 1.29 is 9.90 Å². The highest BCUT2D eigenvalue weighted by atomic mass is 35.5. The highest BCUT2D eigenvalue weighted by Crippen LogP contribution is 2.38. The molecule has 1 amide bonds. The summed E-state index contributed by atoms with van der Waals surface area (Å²) in [6.45, 7) is 2.94. The number of rotatable bonds is 3. The Morgan fingerprint density at radius 1 is 1.59 bits per heavy atom. The molecule has 3 nitrogen and oxygen atoms in total. The minimum Gasteiger partial charge on any atom is -0.508 e. The molecule has 1 aliphatic rings. The lowest BCUT2D eigenvalue weighted by Crippen LogP contribution is -2.29. The van der Waals surface area contributed by atoms with Crippen molar-refractivity contribution in [3.05, 3.63) is 28.8 Å². The molecule has 0 aliphatic heterocycles. The lowest BCUT2D eigenvalue weighted by Gasteiger charge is -2.17. The van der Waals surface area contributed by atoms with Gasteiger partial charge in [0.25, 0.3) is 5.91 Å². The number of aromatic hydroxyl groups is 1. The van der Waals surface area contributed by atoms with E-state index in [9.17, 15) is 9.90 Å². The van der Waals surface area contributed by atoms with Crippen molar-refractivity contribution in [3.63, 3.8) is 0 Å². The molecule has 2 atom stereocenters. The fraction of sp³-hybridized carbons (Fsp3) is 0.462. The number of phenolic OH excluding ortho intramolecular Hbond substituents is 1. The average molecular weight is 254 g/mol. The molecule has 1 aromatic rings. The third-order valence-electron chi connectivity index (χ3n) is 3.31. The molecule has 1 N–H and O–H groups in total. The number of carbonyl (C=O) groups excluding carboxylic acids is 1. The molecule has 0 heterocycles. The predicted molar refractivity (Wildman–Crippen MR) is 67.3 cm³/mol. The number of hydrogen-bond donors (Lipinski definition) is 1. The van der Waals surface area contributed by atoms with E-state index >= 15 is 0 Å². The molecule has 2 rings (SSSR count). The van der Waals surface area contributed by atoms with Crippen LogP contribution >= 0.6 is 11.6 Å². The van der Waals surface area contributed by atoms with Gasteiger partial charge in [0.2, 0.25) is 0 Å². The van der Waals surface area contributed by atoms with Gasteiger partial charge in [-0.1, -0.05) is 18.5 Å². The second-order valence-electron chi connectivity index (χ2n) is 4.82. The van der Waals surface area contributed by atoms with E-state index in [0.29, 0.717) is 22.4 Å². The van der Waals surface area contributed by atoms with Crippen LogP contribution in [0.15, 0.2) is 18.2 Å². The van der Waals surface area contributed by atoms with Crippen LogP contribution in [0.25, 0.3) is 0 Å². The van der Waals surface area contributed by atoms with Crippen LogP contribution in [0.1, 0.15) is 23.7 Å². The Morgan fingerprint density at radius 2 is 2.24 bits per heavy atom. The normalized spacial score (nSPS) is 22.3. The van der Waals surface area contributed by atoms with E-state index < -0.39 is 0 Å². The summed E-state index contributed by atoms with van der Waals surface area (Å²) in [7, 11) is 1.77. The number of hydrogen-bond acceptors (Lipinski definition) is 2. The van der Waals surface area contributed by atoms with Gasteiger partial charge in [-0.25, -0.2) is 0 Å². The minimum absolute atomic E-state index is 0.0611. The molecule has 17 heavy (non-hydrogen) atoms. The zero-order chi connectivity index (χ0) is 12.6. The highest BCUT2D eigenvalue weighted by molar-refractivity contribution is 6.33. The number of carbonyl (C=O) groups is 1. The van der Waals surface area contributed by atoms with Gasteiger partial charge in [0.15, 0.2) is 0 Å². The number of halogens is 1. The quantitative estimate of drug-likeness (QED) is 0.900. The van der Waals surface area contributed by atoms with E-state index in [1.807, 2.05) is 0 Å². The molecular weight excluding hydrogens is 238 g/mol. The Hall–Kier alpha value is -1.22. The molecule has 0 spiro atoms. The number of benzene rings is 1. The highest BCUT2D eigenvalue weighted by Gasteiger charge is 2.34. The first-order valence-electron chi connectivity index (χ1n) is 5.73. The molecule has 92 valence electrons. The summed E-state index contributed by atoms with van der Waals surface area (Å²) in [6.07, 6.45) is 1.19. The Kier molecular flexibility index (Phi) is 3.29. The van der Waals surface area contributed by atoms with Crippen LogP contribution in [-0.2, 0) is 0 Å². The summed E-state index contributed by atoms with van der Waals surface area (Å²) in [5.74, 6) is 1.25. The third-order valence-corrected chi connectivity index (χ3v) is 3.64. The molecule has 0 aromatic heterocycles. The predicted octanol–water partition coefficient (Wildman–Crippen LogP) is 2.77. The van der Waals surface area contributed by atoms with Gasteiger partial charge in [-0.3, -0.25) is 4.79 Å². The summed E-state index contributed by atoms with van der Waals surface area (Å²) in [4.78, 5) is 13.8. The monoisotopic (exact) mass is 253 g/mol. The van der Waals surface area contributed by atoms with Gasteiger partial charge in [0.05, 0.1) is 10.6 Å². The van der Waals surface area contributed by atoms with E-state index in [4.69, 9.17) is 11.6 Å². The second-order valence-corrected chi connectivity index (χ2v) is 5.23. The fourth-order valence-corrected chi connectivity index (χ4v) is 2.17. The van der Waals surface area contributed by atoms with Crippen LogP contribution < -0.4 is 0 Å². The summed E-state index contributed by atoms with van der Waals surface area (Å²) in [5, 5.41) is 9.75. The lowest BCUT2D eigenvalue weighted by atomic mass is 10.2. The molecular formula is C13H16ClNO2. The summed E-state index contributed by atoms with van der Waals surface area (Å²) >= 11 is 5.96. The zero-order valence-electron chi connectivity index (χ0n) is 9.98. The molecule has 4 heteroatoms. The Morgan fingerprint density at radius 3 is 2.82 bits per heavy atom. The Balaban J connectivity index is 2.10. The third kappa shape index (κ3) is 2.72. The van der Waals surface area contributed by atoms with Gasteiger partial charge in [0, 0.05) is 13.6 Å². The van der Waals surface area contributed by atoms with Gasteiger partial charge < -0.3 is 10.0 Å². The first-order valence-corrected chi connectivity index (χ1v) is 6.11. The molecule has 0 saturated heterocycles. The van der Waals surface area contributed by atoms with Gasteiger partial charge in [-0.05, 0) is 36.5 Å². The summed E-state index contributed by atoms with van der Waals surface area (Å²) < 4.78 is 0. The Labute approximate surface area is 106 Å². The lowest BCUT2D eigenvalue weighted by molar-refractivity contribution is 0.0787. The standard InChI is InChI=1S/C13H16ClNO2/c1-8-5-9(8)7-15(2)13(17)11-6-10(16)3-4-12(11)14/h3-4,6,8-9,16H,5,7H2,1-2H3. The van der Waals surface area contributed by atoms with Crippen LogP contribution in [0.5, 0.6) is 5.75 Å². The largest absolute Gasteiger partial charge is 0.508 e. The smallest absolute Gasteiger partial charge is 0.255 e. The van der Waals surface area contributed by atoms with E-state index in [0.717, 1.165) is 6.54 Å². The maximum Gasteiger partial charge on any atom is 0.255 e. The maximum absolute atomic E-state index is 12.1. The second kappa shape index (κ2) is 4.57. The van der Waals surface area contributed by atoms with Crippen molar-refractivity contribution in [2.24, 2.45) is 11.8 Å². The SMILES string of the molecule is CC1CC1CN(C)C(=O)c1cc(O)ccc1Cl. The van der Waals surface area contributed by atoms with Gasteiger partial charge in [-0.15, -0.1) is 0 Å². The van der Waals surface area contributed by atoms with Crippen LogP contribution in [0.2, 0.25) is 5.02 Å². The first kappa shape index (κ1) is 12.2. The molecule has 1 aliphatic carbocycles. The maximum atomic E-state index is 12.1. The molecule has 0 bridgehead atoms. The van der Waals surface area contributed by atoms with E-state index in [1.54, 1.807) is 11.9 Å². The summed E-state index contributed by atoms with van der Waals surface area (Å²) in [5.41, 5.74) is 0.363. The fourth-order valence-electron chi connectivity index (χ4n) is 1.97. The number of amides is 1. The van der Waals surface area contributed by atoms with Crippen molar-refractivity contribution in [2.75, 3.05) is 13.6 Å². The van der Waals surface area contributed by atoms with E-state index in [1.165, 1.54) is 24.6 Å². The van der Waals surface area contributed by atoms with Gasteiger partial charge in [-0.2, -0.15) is 0 Å². The van der Waals surface area contributed by atoms with Crippen molar-refractivity contribution in [1.82, 2.24) is 4.90 Å². The number of nitrogens with zero attached hydrogens (tertiary/aromatic N) is 1. The van der Waals surface area contributed by atoms with Crippen molar-refractivity contribution in [3.8, 4) is 5.75 Å². The van der Waals surface area contributed by atoms with Crippen molar-refractivity contribution in [1.29, 1.82) is 0 Å². The minimum atomic E-state index is -0.134. The molecule has 1 fully saturated rings. The number of phenols is 1. The summed E-state index contributed by atoms with van der Waals surface area (Å²) in [6, 6.07) is 4.43. The molecule has 1 saturated carbocycles. The zero-order valence-corrected chi connectivity index (χ0v) is 10.7. The van der Waals surface area contributed by atoms with Crippen LogP contribution in [-0.4, -0.2) is 29.5 Å². The average Bonchev–Trinajstić information content (AvgIpc) is 2.96. The van der Waals surface area contributed by atoms with E-state index in [-0.39, 0.29) is 11.7 Å². The Bertz CT molecular complexity index is 447. The van der Waals surface area contributed by atoms with Gasteiger partial charge in [0.1, 0.15) is 5.75 Å². The van der Waals surface area contributed by atoms with E-state index in [2.05, 4.69) is 6.92 Å². The van der Waals surface area contributed by atoms with Crippen LogP contribution in [0.4, 0.5) is 0 Å². The molecule has 0 radical (unpaired) electrons. The van der Waals surface area contributed by atoms with Gasteiger partial charge >= 0.3 is 0 Å². The topological polar surface area (TPSA) is 40.5 Å². The molecule has 1 aromatic carbocycles.